The minimum absolute atomic E-state index is 0.194. The quantitative estimate of drug-likeness (QED) is 0.439. The van der Waals surface area contributed by atoms with E-state index in [1.807, 2.05) is 0 Å². The van der Waals surface area contributed by atoms with Crippen LogP contribution in [0.2, 0.25) is 0 Å². The van der Waals surface area contributed by atoms with Crippen molar-refractivity contribution >= 4 is 0 Å². The Morgan fingerprint density at radius 2 is 1.75 bits per heavy atom. The van der Waals surface area contributed by atoms with Crippen molar-refractivity contribution in [1.29, 1.82) is 0 Å². The fourth-order valence-corrected chi connectivity index (χ4v) is 0.515. The molecule has 0 radical (unpaired) electrons. The van der Waals surface area contributed by atoms with Gasteiger partial charge in [-0.15, -0.1) is 0 Å². The van der Waals surface area contributed by atoms with E-state index in [4.69, 9.17) is 16.6 Å². The van der Waals surface area contributed by atoms with Crippen LogP contribution < -0.4 is 11.5 Å². The predicted octanol–water partition coefficient (Wildman–Crippen LogP) is -1.10. The molecular weight excluding hydrogens is 104 g/mol. The predicted molar refractivity (Wildman–Crippen MR) is 33.3 cm³/mol. The first kappa shape index (κ1) is 7.88. The molecule has 0 aromatic rings. The first-order valence-electron chi connectivity index (χ1n) is 2.86. The van der Waals surface area contributed by atoms with E-state index < -0.39 is 0 Å². The summed E-state index contributed by atoms with van der Waals surface area (Å²) < 4.78 is 0. The zero-order valence-electron chi connectivity index (χ0n) is 5.01. The number of aliphatic hydroxyl groups is 1. The molecule has 0 aromatic carbocycles. The van der Waals surface area contributed by atoms with Gasteiger partial charge in [0.2, 0.25) is 0 Å². The van der Waals surface area contributed by atoms with Crippen molar-refractivity contribution in [1.82, 2.24) is 0 Å². The molecule has 0 aromatic heterocycles. The molecule has 0 bridgehead atoms. The summed E-state index contributed by atoms with van der Waals surface area (Å²) in [5.41, 5.74) is 10.6. The Morgan fingerprint density at radius 3 is 1.88 bits per heavy atom. The van der Waals surface area contributed by atoms with Gasteiger partial charge in [-0.1, -0.05) is 0 Å². The van der Waals surface area contributed by atoms with E-state index in [0.717, 1.165) is 6.42 Å². The molecule has 0 atom stereocenters. The Hall–Kier alpha value is -0.120. The van der Waals surface area contributed by atoms with Crippen LogP contribution in [-0.2, 0) is 0 Å². The van der Waals surface area contributed by atoms with Crippen molar-refractivity contribution in [3.05, 3.63) is 0 Å². The summed E-state index contributed by atoms with van der Waals surface area (Å²) in [6, 6.07) is 0. The number of hydrogen-bond donors (Lipinski definition) is 3. The second kappa shape index (κ2) is 5.03. The third-order valence-electron chi connectivity index (χ3n) is 1.20. The Kier molecular flexibility index (Phi) is 4.95. The molecule has 0 amide bonds. The molecular formula is C5H14N2O. The van der Waals surface area contributed by atoms with Crippen LogP contribution in [0.4, 0.5) is 0 Å². The van der Waals surface area contributed by atoms with Crippen LogP contribution in [0.3, 0.4) is 0 Å². The normalized spacial score (nSPS) is 10.5. The van der Waals surface area contributed by atoms with Gasteiger partial charge in [0.15, 0.2) is 0 Å². The van der Waals surface area contributed by atoms with E-state index in [1.54, 1.807) is 0 Å². The lowest BCUT2D eigenvalue weighted by atomic mass is 10.1. The van der Waals surface area contributed by atoms with Gasteiger partial charge >= 0.3 is 0 Å². The molecule has 0 aliphatic rings. The molecule has 0 aliphatic carbocycles. The summed E-state index contributed by atoms with van der Waals surface area (Å²) in [5, 5.41) is 8.39. The Balaban J connectivity index is 3.07. The molecule has 8 heavy (non-hydrogen) atoms. The second-order valence-electron chi connectivity index (χ2n) is 1.85. The van der Waals surface area contributed by atoms with Gasteiger partial charge in [0.1, 0.15) is 0 Å². The third kappa shape index (κ3) is 2.96. The molecule has 0 aliphatic heterocycles. The fraction of sp³-hybridized carbons (Fsp3) is 1.00. The summed E-state index contributed by atoms with van der Waals surface area (Å²) in [7, 11) is 0. The molecule has 0 heterocycles. The van der Waals surface area contributed by atoms with Crippen molar-refractivity contribution in [3.63, 3.8) is 0 Å². The average Bonchev–Trinajstić information content (AvgIpc) is 1.83. The zero-order valence-corrected chi connectivity index (χ0v) is 5.01. The van der Waals surface area contributed by atoms with Crippen molar-refractivity contribution in [3.8, 4) is 0 Å². The SMILES string of the molecule is NCC(CN)CCO. The van der Waals surface area contributed by atoms with E-state index in [0.29, 0.717) is 19.0 Å². The minimum atomic E-state index is 0.194. The van der Waals surface area contributed by atoms with Gasteiger partial charge in [0.05, 0.1) is 0 Å². The molecule has 0 saturated heterocycles. The molecule has 0 fully saturated rings. The minimum Gasteiger partial charge on any atom is -0.396 e. The smallest absolute Gasteiger partial charge is 0.0434 e. The summed E-state index contributed by atoms with van der Waals surface area (Å²) in [6.07, 6.45) is 0.729. The third-order valence-corrected chi connectivity index (χ3v) is 1.20. The van der Waals surface area contributed by atoms with Crippen LogP contribution in [0.1, 0.15) is 6.42 Å². The topological polar surface area (TPSA) is 72.3 Å². The summed E-state index contributed by atoms with van der Waals surface area (Å²) in [4.78, 5) is 0. The van der Waals surface area contributed by atoms with Gasteiger partial charge in [-0.25, -0.2) is 0 Å². The average molecular weight is 118 g/mol. The molecule has 50 valence electrons. The highest BCUT2D eigenvalue weighted by molar-refractivity contribution is 4.58. The van der Waals surface area contributed by atoms with Crippen molar-refractivity contribution in [2.24, 2.45) is 17.4 Å². The Morgan fingerprint density at radius 1 is 1.25 bits per heavy atom. The standard InChI is InChI=1S/C5H14N2O/c6-3-5(4-7)1-2-8/h5,8H,1-4,6-7H2. The maximum absolute atomic E-state index is 8.39. The van der Waals surface area contributed by atoms with Crippen LogP contribution in [0.15, 0.2) is 0 Å². The Labute approximate surface area is 49.7 Å². The van der Waals surface area contributed by atoms with Crippen LogP contribution in [0, 0.1) is 5.92 Å². The highest BCUT2D eigenvalue weighted by atomic mass is 16.3. The fourth-order valence-electron chi connectivity index (χ4n) is 0.515. The maximum Gasteiger partial charge on any atom is 0.0434 e. The molecule has 0 saturated carbocycles. The van der Waals surface area contributed by atoms with E-state index in [9.17, 15) is 0 Å². The summed E-state index contributed by atoms with van der Waals surface area (Å²) >= 11 is 0. The van der Waals surface area contributed by atoms with Gasteiger partial charge in [0, 0.05) is 6.61 Å². The van der Waals surface area contributed by atoms with E-state index in [-0.39, 0.29) is 6.61 Å². The molecule has 0 rings (SSSR count). The summed E-state index contributed by atoms with van der Waals surface area (Å²) in [5.74, 6) is 0.306. The number of aliphatic hydroxyl groups excluding tert-OH is 1. The van der Waals surface area contributed by atoms with Gasteiger partial charge in [-0.2, -0.15) is 0 Å². The first-order valence-corrected chi connectivity index (χ1v) is 2.86. The highest BCUT2D eigenvalue weighted by Gasteiger charge is 2.00. The van der Waals surface area contributed by atoms with E-state index in [2.05, 4.69) is 0 Å². The molecule has 3 nitrogen and oxygen atoms in total. The molecule has 5 N–H and O–H groups in total. The number of rotatable bonds is 4. The van der Waals surface area contributed by atoms with Crippen LogP contribution in [0.25, 0.3) is 0 Å². The number of nitrogens with two attached hydrogens (primary N) is 2. The van der Waals surface area contributed by atoms with Crippen LogP contribution >= 0.6 is 0 Å². The zero-order chi connectivity index (χ0) is 6.41. The van der Waals surface area contributed by atoms with Crippen LogP contribution in [-0.4, -0.2) is 24.8 Å². The molecule has 0 spiro atoms. The first-order chi connectivity index (χ1) is 3.85. The van der Waals surface area contributed by atoms with Gasteiger partial charge < -0.3 is 16.6 Å². The lowest BCUT2D eigenvalue weighted by Crippen LogP contribution is -2.23. The van der Waals surface area contributed by atoms with E-state index >= 15 is 0 Å². The van der Waals surface area contributed by atoms with E-state index in [1.165, 1.54) is 0 Å². The van der Waals surface area contributed by atoms with Gasteiger partial charge in [-0.05, 0) is 25.4 Å². The van der Waals surface area contributed by atoms with Crippen molar-refractivity contribution in [2.75, 3.05) is 19.7 Å². The summed E-state index contributed by atoms with van der Waals surface area (Å²) in [6.45, 7) is 1.35. The monoisotopic (exact) mass is 118 g/mol. The molecule has 0 unspecified atom stereocenters. The van der Waals surface area contributed by atoms with Crippen LogP contribution in [0.5, 0.6) is 0 Å². The molecule has 3 heteroatoms. The largest absolute Gasteiger partial charge is 0.396 e. The van der Waals surface area contributed by atoms with Crippen molar-refractivity contribution in [2.45, 2.75) is 6.42 Å². The maximum atomic E-state index is 8.39. The van der Waals surface area contributed by atoms with Gasteiger partial charge in [0.25, 0.3) is 0 Å². The second-order valence-corrected chi connectivity index (χ2v) is 1.85. The highest BCUT2D eigenvalue weighted by Crippen LogP contribution is 1.94. The lowest BCUT2D eigenvalue weighted by Gasteiger charge is -2.07. The van der Waals surface area contributed by atoms with Gasteiger partial charge in [-0.3, -0.25) is 0 Å². The number of hydrogen-bond acceptors (Lipinski definition) is 3. The van der Waals surface area contributed by atoms with Crippen molar-refractivity contribution < 1.29 is 5.11 Å². The lowest BCUT2D eigenvalue weighted by molar-refractivity contribution is 0.260. The Bertz CT molecular complexity index is 45.7.